The fourth-order valence-corrected chi connectivity index (χ4v) is 2.50. The van der Waals surface area contributed by atoms with Gasteiger partial charge in [-0.15, -0.1) is 0 Å². The monoisotopic (exact) mass is 350 g/mol. The molecule has 21 heavy (non-hydrogen) atoms. The van der Waals surface area contributed by atoms with Gasteiger partial charge in [-0.05, 0) is 41.8 Å². The third kappa shape index (κ3) is 3.91. The van der Waals surface area contributed by atoms with Crippen molar-refractivity contribution in [2.75, 3.05) is 7.11 Å². The number of rotatable bonds is 5. The molecular weight excluding hydrogens is 335 g/mol. The van der Waals surface area contributed by atoms with Crippen molar-refractivity contribution >= 4 is 21.7 Å². The largest absolute Gasteiger partial charge is 0.497 e. The fourth-order valence-electron chi connectivity index (χ4n) is 2.17. The Kier molecular flexibility index (Phi) is 5.12. The van der Waals surface area contributed by atoms with Crippen LogP contribution in [0.15, 0.2) is 46.9 Å². The normalized spacial score (nSPS) is 12.0. The Bertz CT molecular complexity index is 655. The number of halogens is 2. The molecule has 0 N–H and O–H groups in total. The molecular formula is C17H16BrFO2. The van der Waals surface area contributed by atoms with Gasteiger partial charge in [-0.2, -0.15) is 0 Å². The first-order valence-corrected chi connectivity index (χ1v) is 7.42. The van der Waals surface area contributed by atoms with E-state index in [2.05, 4.69) is 15.9 Å². The Hall–Kier alpha value is -1.68. The topological polar surface area (TPSA) is 26.3 Å². The Labute approximate surface area is 132 Å². The zero-order valence-corrected chi connectivity index (χ0v) is 13.5. The highest BCUT2D eigenvalue weighted by Gasteiger charge is 2.16. The van der Waals surface area contributed by atoms with E-state index in [0.717, 1.165) is 11.3 Å². The summed E-state index contributed by atoms with van der Waals surface area (Å²) >= 11 is 3.18. The molecule has 0 saturated carbocycles. The molecule has 2 nitrogen and oxygen atoms in total. The zero-order valence-electron chi connectivity index (χ0n) is 11.9. The van der Waals surface area contributed by atoms with E-state index in [1.54, 1.807) is 13.2 Å². The van der Waals surface area contributed by atoms with Gasteiger partial charge in [0.2, 0.25) is 0 Å². The molecule has 0 radical (unpaired) electrons. The van der Waals surface area contributed by atoms with E-state index < -0.39 is 5.82 Å². The second-order valence-corrected chi connectivity index (χ2v) is 5.84. The van der Waals surface area contributed by atoms with Crippen molar-refractivity contribution in [3.8, 4) is 5.75 Å². The molecule has 110 valence electrons. The SMILES string of the molecule is COc1cccc([C@@H](C)CC(=O)c2ccc(Br)cc2F)c1. The first kappa shape index (κ1) is 15.7. The van der Waals surface area contributed by atoms with Crippen LogP contribution in [0.1, 0.15) is 35.2 Å². The van der Waals surface area contributed by atoms with Crippen LogP contribution in [-0.4, -0.2) is 12.9 Å². The summed E-state index contributed by atoms with van der Waals surface area (Å²) in [5.74, 6) is 0.0554. The first-order chi connectivity index (χ1) is 10.0. The number of ether oxygens (including phenoxy) is 1. The predicted octanol–water partition coefficient (Wildman–Crippen LogP) is 4.97. The van der Waals surface area contributed by atoms with E-state index in [1.165, 1.54) is 12.1 Å². The highest BCUT2D eigenvalue weighted by Crippen LogP contribution is 2.25. The molecule has 1 atom stereocenters. The molecule has 0 fully saturated rings. The summed E-state index contributed by atoms with van der Waals surface area (Å²) in [7, 11) is 1.60. The standard InChI is InChI=1S/C17H16BrFO2/c1-11(12-4-3-5-14(9-12)21-2)8-17(20)15-7-6-13(18)10-16(15)19/h3-7,9-11H,8H2,1-2H3/t11-/m0/s1. The average Bonchev–Trinajstić information content (AvgIpc) is 2.47. The minimum atomic E-state index is -0.493. The van der Waals surface area contributed by atoms with Gasteiger partial charge in [-0.3, -0.25) is 4.79 Å². The van der Waals surface area contributed by atoms with Gasteiger partial charge >= 0.3 is 0 Å². The summed E-state index contributed by atoms with van der Waals surface area (Å²) in [6.07, 6.45) is 0.256. The fraction of sp³-hybridized carbons (Fsp3) is 0.235. The maximum Gasteiger partial charge on any atom is 0.166 e. The van der Waals surface area contributed by atoms with Gasteiger partial charge in [-0.25, -0.2) is 4.39 Å². The summed E-state index contributed by atoms with van der Waals surface area (Å²) in [5, 5.41) is 0. The van der Waals surface area contributed by atoms with Crippen molar-refractivity contribution in [3.05, 3.63) is 63.9 Å². The van der Waals surface area contributed by atoms with E-state index in [1.807, 2.05) is 31.2 Å². The molecule has 0 saturated heterocycles. The van der Waals surface area contributed by atoms with Crippen LogP contribution in [0.4, 0.5) is 4.39 Å². The van der Waals surface area contributed by atoms with Gasteiger partial charge in [0.1, 0.15) is 11.6 Å². The molecule has 2 aromatic rings. The molecule has 4 heteroatoms. The van der Waals surface area contributed by atoms with Crippen LogP contribution in [0.3, 0.4) is 0 Å². The van der Waals surface area contributed by atoms with Crippen molar-refractivity contribution in [1.29, 1.82) is 0 Å². The van der Waals surface area contributed by atoms with E-state index in [4.69, 9.17) is 4.74 Å². The van der Waals surface area contributed by atoms with Crippen LogP contribution in [0.2, 0.25) is 0 Å². The lowest BCUT2D eigenvalue weighted by molar-refractivity contribution is 0.0971. The molecule has 0 heterocycles. The van der Waals surface area contributed by atoms with E-state index >= 15 is 0 Å². The summed E-state index contributed by atoms with van der Waals surface area (Å²) in [6.45, 7) is 1.95. The van der Waals surface area contributed by atoms with Crippen molar-refractivity contribution < 1.29 is 13.9 Å². The number of benzene rings is 2. The van der Waals surface area contributed by atoms with Gasteiger partial charge in [0, 0.05) is 10.9 Å². The number of carbonyl (C=O) groups is 1. The summed E-state index contributed by atoms with van der Waals surface area (Å²) in [6, 6.07) is 12.1. The zero-order chi connectivity index (χ0) is 15.4. The Balaban J connectivity index is 2.14. The van der Waals surface area contributed by atoms with Gasteiger partial charge in [0.25, 0.3) is 0 Å². The van der Waals surface area contributed by atoms with Crippen LogP contribution in [0.5, 0.6) is 5.75 Å². The van der Waals surface area contributed by atoms with Crippen LogP contribution in [-0.2, 0) is 0 Å². The molecule has 0 aliphatic heterocycles. The first-order valence-electron chi connectivity index (χ1n) is 6.63. The van der Waals surface area contributed by atoms with E-state index in [0.29, 0.717) is 4.47 Å². The Morgan fingerprint density at radius 1 is 1.29 bits per heavy atom. The average molecular weight is 351 g/mol. The van der Waals surface area contributed by atoms with Crippen molar-refractivity contribution in [3.63, 3.8) is 0 Å². The van der Waals surface area contributed by atoms with E-state index in [9.17, 15) is 9.18 Å². The lowest BCUT2D eigenvalue weighted by Crippen LogP contribution is -2.07. The molecule has 0 aromatic heterocycles. The number of Topliss-reactive ketones (excluding diaryl/α,β-unsaturated/α-hetero) is 1. The second kappa shape index (κ2) is 6.85. The maximum absolute atomic E-state index is 13.8. The highest BCUT2D eigenvalue weighted by atomic mass is 79.9. The van der Waals surface area contributed by atoms with Crippen LogP contribution in [0, 0.1) is 5.82 Å². The van der Waals surface area contributed by atoms with Crippen LogP contribution in [0.25, 0.3) is 0 Å². The molecule has 2 rings (SSSR count). The lowest BCUT2D eigenvalue weighted by Gasteiger charge is -2.12. The number of hydrogen-bond acceptors (Lipinski definition) is 2. The van der Waals surface area contributed by atoms with Crippen molar-refractivity contribution in [2.24, 2.45) is 0 Å². The molecule has 0 aliphatic carbocycles. The summed E-state index contributed by atoms with van der Waals surface area (Å²) < 4.78 is 19.6. The third-order valence-corrected chi connectivity index (χ3v) is 3.88. The van der Waals surface area contributed by atoms with Gasteiger partial charge < -0.3 is 4.74 Å². The molecule has 0 spiro atoms. The van der Waals surface area contributed by atoms with Crippen LogP contribution >= 0.6 is 15.9 Å². The summed E-state index contributed by atoms with van der Waals surface area (Å²) in [5.41, 5.74) is 1.13. The van der Waals surface area contributed by atoms with Crippen LogP contribution < -0.4 is 4.74 Å². The molecule has 0 unspecified atom stereocenters. The smallest absolute Gasteiger partial charge is 0.166 e. The Morgan fingerprint density at radius 3 is 2.71 bits per heavy atom. The minimum absolute atomic E-state index is 0.00403. The highest BCUT2D eigenvalue weighted by molar-refractivity contribution is 9.10. The quantitative estimate of drug-likeness (QED) is 0.711. The van der Waals surface area contributed by atoms with Crippen molar-refractivity contribution in [2.45, 2.75) is 19.3 Å². The van der Waals surface area contributed by atoms with E-state index in [-0.39, 0.29) is 23.7 Å². The number of hydrogen-bond donors (Lipinski definition) is 0. The van der Waals surface area contributed by atoms with Gasteiger partial charge in [0.15, 0.2) is 5.78 Å². The maximum atomic E-state index is 13.8. The minimum Gasteiger partial charge on any atom is -0.497 e. The number of carbonyl (C=O) groups excluding carboxylic acids is 1. The number of methoxy groups -OCH3 is 1. The Morgan fingerprint density at radius 2 is 2.05 bits per heavy atom. The molecule has 0 bridgehead atoms. The summed E-state index contributed by atoms with van der Waals surface area (Å²) in [4.78, 5) is 12.2. The van der Waals surface area contributed by atoms with Crippen molar-refractivity contribution in [1.82, 2.24) is 0 Å². The van der Waals surface area contributed by atoms with Gasteiger partial charge in [-0.1, -0.05) is 35.0 Å². The van der Waals surface area contributed by atoms with Gasteiger partial charge in [0.05, 0.1) is 12.7 Å². The second-order valence-electron chi connectivity index (χ2n) is 4.93. The molecule has 0 aliphatic rings. The lowest BCUT2D eigenvalue weighted by atomic mass is 9.93. The molecule has 0 amide bonds. The predicted molar refractivity (Wildman–Crippen MR) is 84.5 cm³/mol. The third-order valence-electron chi connectivity index (χ3n) is 3.39. The molecule has 2 aromatic carbocycles. The number of ketones is 1.